The lowest BCUT2D eigenvalue weighted by Crippen LogP contribution is -2.34. The Morgan fingerprint density at radius 2 is 2.08 bits per heavy atom. The summed E-state index contributed by atoms with van der Waals surface area (Å²) >= 11 is 11.6. The average molecular weight is 380 g/mol. The molecule has 0 aliphatic carbocycles. The van der Waals surface area contributed by atoms with Gasteiger partial charge in [0.15, 0.2) is 5.11 Å². The number of nitrogens with zero attached hydrogens (tertiary/aromatic N) is 3. The lowest BCUT2D eigenvalue weighted by atomic mass is 10.1. The van der Waals surface area contributed by atoms with Gasteiger partial charge in [0.05, 0.1) is 30.6 Å². The molecule has 1 aromatic heterocycles. The van der Waals surface area contributed by atoms with Crippen LogP contribution in [0.3, 0.4) is 0 Å². The van der Waals surface area contributed by atoms with E-state index in [2.05, 4.69) is 52.1 Å². The summed E-state index contributed by atoms with van der Waals surface area (Å²) < 4.78 is 6.70. The molecule has 0 bridgehead atoms. The molecule has 0 atom stereocenters. The summed E-state index contributed by atoms with van der Waals surface area (Å²) in [6.07, 6.45) is 1.63. The maximum Gasteiger partial charge on any atom is 0.187 e. The van der Waals surface area contributed by atoms with E-state index in [4.69, 9.17) is 28.6 Å². The Bertz CT molecular complexity index is 742. The number of halogens is 1. The SMILES string of the molecule is COCCNC(=S)N/N=C\c1c(C)nn(Cc2ccc(C)cc2)c1Cl. The molecule has 0 radical (unpaired) electrons. The fraction of sp³-hybridized carbons (Fsp3) is 0.353. The number of thiocarbonyl (C=S) groups is 1. The molecule has 1 aromatic carbocycles. The van der Waals surface area contributed by atoms with Gasteiger partial charge >= 0.3 is 0 Å². The first kappa shape index (κ1) is 19.4. The molecule has 0 fully saturated rings. The summed E-state index contributed by atoms with van der Waals surface area (Å²) in [5, 5.41) is 12.5. The van der Waals surface area contributed by atoms with E-state index in [9.17, 15) is 0 Å². The van der Waals surface area contributed by atoms with Gasteiger partial charge in [-0.25, -0.2) is 4.68 Å². The summed E-state index contributed by atoms with van der Waals surface area (Å²) in [6, 6.07) is 8.29. The van der Waals surface area contributed by atoms with Crippen LogP contribution in [0.4, 0.5) is 0 Å². The van der Waals surface area contributed by atoms with Crippen molar-refractivity contribution in [2.75, 3.05) is 20.3 Å². The van der Waals surface area contributed by atoms with Gasteiger partial charge in [-0.3, -0.25) is 5.43 Å². The molecule has 0 unspecified atom stereocenters. The number of aryl methyl sites for hydroxylation is 2. The second kappa shape index (κ2) is 9.50. The van der Waals surface area contributed by atoms with Crippen molar-refractivity contribution in [1.29, 1.82) is 0 Å². The zero-order chi connectivity index (χ0) is 18.2. The standard InChI is InChI=1S/C17H22ClN5OS/c1-12-4-6-14(7-5-12)11-23-16(18)15(13(2)22-23)10-20-21-17(25)19-8-9-24-3/h4-7,10H,8-9,11H2,1-3H3,(H2,19,21,25)/b20-10-. The van der Waals surface area contributed by atoms with E-state index in [1.54, 1.807) is 18.0 Å². The highest BCUT2D eigenvalue weighted by Gasteiger charge is 2.12. The number of benzene rings is 1. The van der Waals surface area contributed by atoms with Crippen molar-refractivity contribution in [2.24, 2.45) is 5.10 Å². The van der Waals surface area contributed by atoms with Gasteiger partial charge in [-0.15, -0.1) is 0 Å². The number of hydrogen-bond acceptors (Lipinski definition) is 4. The Hall–Kier alpha value is -1.96. The number of aromatic nitrogens is 2. The van der Waals surface area contributed by atoms with Gasteiger partial charge in [0.25, 0.3) is 0 Å². The Balaban J connectivity index is 2.00. The molecule has 2 rings (SSSR count). The molecule has 2 N–H and O–H groups in total. The van der Waals surface area contributed by atoms with Crippen molar-refractivity contribution in [3.05, 3.63) is 51.8 Å². The predicted octanol–water partition coefficient (Wildman–Crippen LogP) is 2.65. The summed E-state index contributed by atoms with van der Waals surface area (Å²) in [4.78, 5) is 0. The minimum absolute atomic E-state index is 0.425. The number of hydrogen-bond donors (Lipinski definition) is 2. The topological polar surface area (TPSA) is 63.5 Å². The second-order valence-electron chi connectivity index (χ2n) is 5.55. The van der Waals surface area contributed by atoms with E-state index in [1.807, 2.05) is 6.92 Å². The second-order valence-corrected chi connectivity index (χ2v) is 6.32. The van der Waals surface area contributed by atoms with Crippen molar-refractivity contribution in [2.45, 2.75) is 20.4 Å². The van der Waals surface area contributed by atoms with Crippen LogP contribution in [-0.4, -0.2) is 41.4 Å². The van der Waals surface area contributed by atoms with Crippen LogP contribution in [0.5, 0.6) is 0 Å². The molecular weight excluding hydrogens is 358 g/mol. The van der Waals surface area contributed by atoms with E-state index in [-0.39, 0.29) is 0 Å². The third-order valence-corrected chi connectivity index (χ3v) is 4.15. The molecule has 8 heteroatoms. The molecule has 2 aromatic rings. The van der Waals surface area contributed by atoms with Crippen molar-refractivity contribution in [3.63, 3.8) is 0 Å². The molecule has 0 amide bonds. The maximum atomic E-state index is 6.44. The van der Waals surface area contributed by atoms with Gasteiger partial charge in [-0.2, -0.15) is 10.2 Å². The first-order valence-electron chi connectivity index (χ1n) is 7.85. The van der Waals surface area contributed by atoms with E-state index in [0.717, 1.165) is 16.8 Å². The number of nitrogens with one attached hydrogen (secondary N) is 2. The number of rotatable bonds is 7. The highest BCUT2D eigenvalue weighted by atomic mass is 35.5. The minimum atomic E-state index is 0.425. The fourth-order valence-electron chi connectivity index (χ4n) is 2.15. The van der Waals surface area contributed by atoms with E-state index in [0.29, 0.717) is 30.0 Å². The molecule has 134 valence electrons. The van der Waals surface area contributed by atoms with Gasteiger partial charge in [0.1, 0.15) is 5.15 Å². The summed E-state index contributed by atoms with van der Waals surface area (Å²) in [5.74, 6) is 0. The lowest BCUT2D eigenvalue weighted by molar-refractivity contribution is 0.204. The van der Waals surface area contributed by atoms with Gasteiger partial charge in [-0.1, -0.05) is 41.4 Å². The van der Waals surface area contributed by atoms with Crippen molar-refractivity contribution in [1.82, 2.24) is 20.5 Å². The van der Waals surface area contributed by atoms with E-state index < -0.39 is 0 Å². The highest BCUT2D eigenvalue weighted by Crippen LogP contribution is 2.19. The van der Waals surface area contributed by atoms with Crippen molar-refractivity contribution in [3.8, 4) is 0 Å². The van der Waals surface area contributed by atoms with E-state index in [1.165, 1.54) is 5.56 Å². The molecule has 25 heavy (non-hydrogen) atoms. The summed E-state index contributed by atoms with van der Waals surface area (Å²) in [6.45, 7) is 5.76. The Morgan fingerprint density at radius 3 is 2.76 bits per heavy atom. The number of methoxy groups -OCH3 is 1. The summed E-state index contributed by atoms with van der Waals surface area (Å²) in [5.41, 5.74) is 6.68. The zero-order valence-corrected chi connectivity index (χ0v) is 16.1. The zero-order valence-electron chi connectivity index (χ0n) is 14.5. The normalized spacial score (nSPS) is 11.0. The van der Waals surface area contributed by atoms with Crippen LogP contribution in [0.25, 0.3) is 0 Å². The minimum Gasteiger partial charge on any atom is -0.383 e. The first-order chi connectivity index (χ1) is 12.0. The van der Waals surface area contributed by atoms with Crippen LogP contribution >= 0.6 is 23.8 Å². The van der Waals surface area contributed by atoms with Crippen molar-refractivity contribution >= 4 is 35.1 Å². The molecule has 0 aliphatic heterocycles. The van der Waals surface area contributed by atoms with Gasteiger partial charge < -0.3 is 10.1 Å². The Morgan fingerprint density at radius 1 is 1.36 bits per heavy atom. The lowest BCUT2D eigenvalue weighted by Gasteiger charge is -2.05. The van der Waals surface area contributed by atoms with Gasteiger partial charge in [0, 0.05) is 13.7 Å². The van der Waals surface area contributed by atoms with Gasteiger partial charge in [0.2, 0.25) is 0 Å². The maximum absolute atomic E-state index is 6.44. The van der Waals surface area contributed by atoms with Gasteiger partial charge in [-0.05, 0) is 31.6 Å². The molecule has 1 heterocycles. The molecule has 0 saturated heterocycles. The highest BCUT2D eigenvalue weighted by molar-refractivity contribution is 7.80. The van der Waals surface area contributed by atoms with Crippen LogP contribution < -0.4 is 10.7 Å². The molecule has 0 aliphatic rings. The molecule has 0 saturated carbocycles. The third kappa shape index (κ3) is 5.81. The average Bonchev–Trinajstić information content (AvgIpc) is 2.84. The summed E-state index contributed by atoms with van der Waals surface area (Å²) in [7, 11) is 1.63. The van der Waals surface area contributed by atoms with Crippen LogP contribution in [0.2, 0.25) is 5.15 Å². The third-order valence-electron chi connectivity index (χ3n) is 3.51. The Labute approximate surface area is 158 Å². The Kier molecular flexibility index (Phi) is 7.36. The fourth-order valence-corrected chi connectivity index (χ4v) is 2.58. The molecule has 6 nitrogen and oxygen atoms in total. The van der Waals surface area contributed by atoms with Crippen LogP contribution in [-0.2, 0) is 11.3 Å². The first-order valence-corrected chi connectivity index (χ1v) is 8.64. The largest absolute Gasteiger partial charge is 0.383 e. The van der Waals surface area contributed by atoms with Crippen LogP contribution in [0.1, 0.15) is 22.4 Å². The number of hydrazone groups is 1. The molecular formula is C17H22ClN5OS. The van der Waals surface area contributed by atoms with Crippen LogP contribution in [0.15, 0.2) is 29.4 Å². The monoisotopic (exact) mass is 379 g/mol. The van der Waals surface area contributed by atoms with Crippen molar-refractivity contribution < 1.29 is 4.74 Å². The predicted molar refractivity (Wildman–Crippen MR) is 105 cm³/mol. The van der Waals surface area contributed by atoms with E-state index >= 15 is 0 Å². The smallest absolute Gasteiger partial charge is 0.187 e. The number of ether oxygens (including phenoxy) is 1. The quantitative estimate of drug-likeness (QED) is 0.335. The van der Waals surface area contributed by atoms with Crippen LogP contribution in [0, 0.1) is 13.8 Å². The molecule has 0 spiro atoms.